The minimum Gasteiger partial charge on any atom is -0.346 e. The summed E-state index contributed by atoms with van der Waals surface area (Å²) < 4.78 is 39.7. The fourth-order valence-corrected chi connectivity index (χ4v) is 3.94. The minimum atomic E-state index is -3.65. The number of sulfonamides is 1. The van der Waals surface area contributed by atoms with Crippen LogP contribution in [-0.4, -0.2) is 20.6 Å². The van der Waals surface area contributed by atoms with Crippen molar-refractivity contribution in [2.45, 2.75) is 19.5 Å². The van der Waals surface area contributed by atoms with Crippen LogP contribution < -0.4 is 9.62 Å². The Morgan fingerprint density at radius 3 is 2.17 bits per heavy atom. The van der Waals surface area contributed by atoms with Crippen LogP contribution in [0.5, 0.6) is 0 Å². The average Bonchev–Trinajstić information content (AvgIpc) is 2.73. The number of nitrogens with one attached hydrogen (secondary N) is 1. The second kappa shape index (κ2) is 9.09. The van der Waals surface area contributed by atoms with E-state index in [1.165, 1.54) is 6.07 Å². The van der Waals surface area contributed by atoms with Gasteiger partial charge in [-0.2, -0.15) is 0 Å². The number of carbonyl (C=O) groups excluding carboxylic acids is 1. The van der Waals surface area contributed by atoms with Crippen LogP contribution in [0.25, 0.3) is 0 Å². The fraction of sp³-hybridized carbons (Fsp3) is 0.174. The van der Waals surface area contributed by atoms with Gasteiger partial charge in [-0.05, 0) is 42.8 Å². The van der Waals surface area contributed by atoms with Gasteiger partial charge in [-0.25, -0.2) is 12.8 Å². The third-order valence-electron chi connectivity index (χ3n) is 4.74. The largest absolute Gasteiger partial charge is 0.346 e. The predicted molar refractivity (Wildman–Crippen MR) is 116 cm³/mol. The van der Waals surface area contributed by atoms with Crippen molar-refractivity contribution in [1.82, 2.24) is 5.32 Å². The molecule has 1 amide bonds. The third-order valence-corrected chi connectivity index (χ3v) is 5.88. The first-order valence-corrected chi connectivity index (χ1v) is 11.3. The monoisotopic (exact) mass is 426 g/mol. The van der Waals surface area contributed by atoms with Gasteiger partial charge in [0.2, 0.25) is 10.0 Å². The van der Waals surface area contributed by atoms with Crippen LogP contribution >= 0.6 is 0 Å². The minimum absolute atomic E-state index is 0.137. The van der Waals surface area contributed by atoms with Crippen LogP contribution in [0.4, 0.5) is 10.1 Å². The van der Waals surface area contributed by atoms with Crippen LogP contribution in [0.3, 0.4) is 0 Å². The van der Waals surface area contributed by atoms with Crippen LogP contribution in [0, 0.1) is 5.82 Å². The first-order chi connectivity index (χ1) is 14.3. The Morgan fingerprint density at radius 1 is 0.967 bits per heavy atom. The predicted octanol–water partition coefficient (Wildman–Crippen LogP) is 4.28. The molecule has 0 radical (unpaired) electrons. The lowest BCUT2D eigenvalue weighted by atomic mass is 10.1. The Bertz CT molecular complexity index is 1120. The summed E-state index contributed by atoms with van der Waals surface area (Å²) in [5.41, 5.74) is 2.01. The Labute approximate surface area is 176 Å². The van der Waals surface area contributed by atoms with E-state index in [0.717, 1.165) is 16.1 Å². The molecule has 1 N–H and O–H groups in total. The highest BCUT2D eigenvalue weighted by Crippen LogP contribution is 2.23. The number of anilines is 1. The van der Waals surface area contributed by atoms with Gasteiger partial charge < -0.3 is 5.32 Å². The van der Waals surface area contributed by atoms with Crippen LogP contribution in [0.15, 0.2) is 78.9 Å². The Kier molecular flexibility index (Phi) is 6.52. The summed E-state index contributed by atoms with van der Waals surface area (Å²) in [4.78, 5) is 12.5. The molecule has 0 bridgehead atoms. The van der Waals surface area contributed by atoms with Gasteiger partial charge in [0.1, 0.15) is 5.82 Å². The first kappa shape index (κ1) is 21.5. The van der Waals surface area contributed by atoms with E-state index < -0.39 is 15.8 Å². The zero-order valence-corrected chi connectivity index (χ0v) is 17.6. The summed E-state index contributed by atoms with van der Waals surface area (Å²) in [7, 11) is -3.65. The summed E-state index contributed by atoms with van der Waals surface area (Å²) in [6.07, 6.45) is 1.07. The molecule has 3 aromatic rings. The molecule has 7 heteroatoms. The van der Waals surface area contributed by atoms with Gasteiger partial charge in [0.25, 0.3) is 5.91 Å². The van der Waals surface area contributed by atoms with Crippen molar-refractivity contribution in [3.8, 4) is 0 Å². The molecule has 0 aromatic heterocycles. The zero-order valence-electron chi connectivity index (χ0n) is 16.7. The zero-order chi connectivity index (χ0) is 21.7. The van der Waals surface area contributed by atoms with Gasteiger partial charge in [0.15, 0.2) is 0 Å². The first-order valence-electron chi connectivity index (χ1n) is 9.42. The van der Waals surface area contributed by atoms with E-state index in [0.29, 0.717) is 11.3 Å². The van der Waals surface area contributed by atoms with E-state index in [9.17, 15) is 17.6 Å². The van der Waals surface area contributed by atoms with Gasteiger partial charge >= 0.3 is 0 Å². The summed E-state index contributed by atoms with van der Waals surface area (Å²) in [5.74, 6) is -0.741. The molecule has 0 saturated carbocycles. The molecule has 156 valence electrons. The van der Waals surface area contributed by atoms with E-state index in [2.05, 4.69) is 5.32 Å². The lowest BCUT2D eigenvalue weighted by Crippen LogP contribution is -2.30. The maximum Gasteiger partial charge on any atom is 0.251 e. The second-order valence-corrected chi connectivity index (χ2v) is 8.92. The highest BCUT2D eigenvalue weighted by molar-refractivity contribution is 7.92. The number of nitrogens with zero attached hydrogens (tertiary/aromatic N) is 1. The molecule has 3 aromatic carbocycles. The summed E-state index contributed by atoms with van der Waals surface area (Å²) >= 11 is 0. The third kappa shape index (κ3) is 5.24. The lowest BCUT2D eigenvalue weighted by Gasteiger charge is -2.23. The normalized spacial score (nSPS) is 12.2. The highest BCUT2D eigenvalue weighted by Gasteiger charge is 2.20. The number of hydrogen-bond acceptors (Lipinski definition) is 3. The molecule has 0 aliphatic rings. The van der Waals surface area contributed by atoms with Crippen molar-refractivity contribution in [2.75, 3.05) is 10.6 Å². The molecule has 1 atom stereocenters. The molecule has 0 spiro atoms. The molecule has 0 saturated heterocycles. The van der Waals surface area contributed by atoms with E-state index in [-0.39, 0.29) is 24.1 Å². The van der Waals surface area contributed by atoms with Crippen LogP contribution in [0.2, 0.25) is 0 Å². The van der Waals surface area contributed by atoms with E-state index in [4.69, 9.17) is 0 Å². The number of amides is 1. The number of carbonyl (C=O) groups is 1. The summed E-state index contributed by atoms with van der Waals surface area (Å²) in [6.45, 7) is 1.75. The molecule has 5 nitrogen and oxygen atoms in total. The van der Waals surface area contributed by atoms with Crippen molar-refractivity contribution in [3.05, 3.63) is 101 Å². The maximum atomic E-state index is 14.0. The number of rotatable bonds is 7. The quantitative estimate of drug-likeness (QED) is 0.613. The number of halogens is 1. The molecular weight excluding hydrogens is 403 g/mol. The maximum absolute atomic E-state index is 14.0. The fourth-order valence-electron chi connectivity index (χ4n) is 3.07. The second-order valence-electron chi connectivity index (χ2n) is 7.01. The smallest absolute Gasteiger partial charge is 0.251 e. The molecule has 30 heavy (non-hydrogen) atoms. The molecule has 3 rings (SSSR count). The summed E-state index contributed by atoms with van der Waals surface area (Å²) in [5, 5.41) is 2.92. The van der Waals surface area contributed by atoms with Crippen LogP contribution in [0.1, 0.15) is 34.5 Å². The molecular formula is C23H23FN2O3S. The average molecular weight is 427 g/mol. The lowest BCUT2D eigenvalue weighted by molar-refractivity contribution is 0.0940. The Morgan fingerprint density at radius 2 is 1.57 bits per heavy atom. The van der Waals surface area contributed by atoms with Crippen molar-refractivity contribution >= 4 is 21.6 Å². The molecule has 1 unspecified atom stereocenters. The van der Waals surface area contributed by atoms with Gasteiger partial charge in [-0.3, -0.25) is 9.10 Å². The Hall–Kier alpha value is -3.19. The van der Waals surface area contributed by atoms with Gasteiger partial charge in [-0.1, -0.05) is 48.5 Å². The number of hydrogen-bond donors (Lipinski definition) is 1. The molecule has 0 fully saturated rings. The SMILES string of the molecule is CC(NC(=O)c1ccc(N(Cc2ccccc2F)S(C)(=O)=O)cc1)c1ccccc1. The van der Waals surface area contributed by atoms with Crippen molar-refractivity contribution in [2.24, 2.45) is 0 Å². The molecule has 0 aliphatic heterocycles. The van der Waals surface area contributed by atoms with Crippen molar-refractivity contribution in [3.63, 3.8) is 0 Å². The Balaban J connectivity index is 1.78. The number of benzene rings is 3. The van der Waals surface area contributed by atoms with E-state index in [1.54, 1.807) is 42.5 Å². The highest BCUT2D eigenvalue weighted by atomic mass is 32.2. The van der Waals surface area contributed by atoms with Gasteiger partial charge in [0, 0.05) is 11.1 Å². The van der Waals surface area contributed by atoms with E-state index >= 15 is 0 Å². The topological polar surface area (TPSA) is 66.5 Å². The van der Waals surface area contributed by atoms with Gasteiger partial charge in [-0.15, -0.1) is 0 Å². The molecule has 0 heterocycles. The van der Waals surface area contributed by atoms with Gasteiger partial charge in [0.05, 0.1) is 24.5 Å². The van der Waals surface area contributed by atoms with Crippen LogP contribution in [-0.2, 0) is 16.6 Å². The van der Waals surface area contributed by atoms with Crippen molar-refractivity contribution in [1.29, 1.82) is 0 Å². The van der Waals surface area contributed by atoms with Crippen molar-refractivity contribution < 1.29 is 17.6 Å². The summed E-state index contributed by atoms with van der Waals surface area (Å²) in [6, 6.07) is 21.6. The standard InChI is InChI=1S/C23H23FN2O3S/c1-17(18-8-4-3-5-9-18)25-23(27)19-12-14-21(15-13-19)26(30(2,28)29)16-20-10-6-7-11-22(20)24/h3-15,17H,16H2,1-2H3,(H,25,27). The van der Waals surface area contributed by atoms with E-state index in [1.807, 2.05) is 37.3 Å². The molecule has 0 aliphatic carbocycles.